The minimum absolute atomic E-state index is 0.110. The maximum atomic E-state index is 11.1. The van der Waals surface area contributed by atoms with Gasteiger partial charge in [-0.25, -0.2) is 4.79 Å². The fourth-order valence-electron chi connectivity index (χ4n) is 1.95. The molecule has 1 aromatic rings. The average Bonchev–Trinajstić information content (AvgIpc) is 2.17. The van der Waals surface area contributed by atoms with Gasteiger partial charge in [0, 0.05) is 0 Å². The molecule has 1 aliphatic heterocycles. The molecular weight excluding hydrogens is 192 g/mol. The van der Waals surface area contributed by atoms with Gasteiger partial charge in [-0.1, -0.05) is 6.07 Å². The van der Waals surface area contributed by atoms with E-state index in [0.29, 0.717) is 5.75 Å². The molecular formula is C12H14O3. The topological polar surface area (TPSA) is 46.5 Å². The van der Waals surface area contributed by atoms with E-state index in [1.165, 1.54) is 0 Å². The van der Waals surface area contributed by atoms with Crippen LogP contribution in [-0.4, -0.2) is 17.2 Å². The third-order valence-corrected chi connectivity index (χ3v) is 2.68. The van der Waals surface area contributed by atoms with E-state index >= 15 is 0 Å². The second-order valence-corrected chi connectivity index (χ2v) is 4.07. The van der Waals surface area contributed by atoms with E-state index in [4.69, 9.17) is 9.84 Å². The number of fused-ring (bicyclic) bond motifs is 1. The minimum atomic E-state index is -0.913. The van der Waals surface area contributed by atoms with Crippen molar-refractivity contribution in [3.63, 3.8) is 0 Å². The number of carboxylic acids is 1. The molecule has 0 bridgehead atoms. The van der Waals surface area contributed by atoms with Crippen molar-refractivity contribution in [3.05, 3.63) is 28.8 Å². The first-order chi connectivity index (χ1) is 7.08. The van der Waals surface area contributed by atoms with Crippen LogP contribution < -0.4 is 4.74 Å². The molecule has 1 aliphatic rings. The fraction of sp³-hybridized carbons (Fsp3) is 0.417. The second kappa shape index (κ2) is 3.57. The first-order valence-corrected chi connectivity index (χ1v) is 5.11. The van der Waals surface area contributed by atoms with Gasteiger partial charge in [-0.05, 0) is 43.9 Å². The number of aromatic carboxylic acids is 1. The van der Waals surface area contributed by atoms with E-state index in [0.717, 1.165) is 24.0 Å². The Morgan fingerprint density at radius 3 is 2.93 bits per heavy atom. The van der Waals surface area contributed by atoms with Crippen molar-refractivity contribution >= 4 is 5.97 Å². The van der Waals surface area contributed by atoms with Crippen molar-refractivity contribution in [2.75, 3.05) is 0 Å². The number of carboxylic acid groups (broad SMARTS) is 1. The molecule has 2 rings (SSSR count). The molecule has 0 saturated carbocycles. The van der Waals surface area contributed by atoms with Gasteiger partial charge < -0.3 is 9.84 Å². The Morgan fingerprint density at radius 1 is 1.53 bits per heavy atom. The van der Waals surface area contributed by atoms with Gasteiger partial charge in [-0.15, -0.1) is 0 Å². The summed E-state index contributed by atoms with van der Waals surface area (Å²) in [4.78, 5) is 11.1. The largest absolute Gasteiger partial charge is 0.490 e. The minimum Gasteiger partial charge on any atom is -0.490 e. The molecule has 0 aromatic heterocycles. The molecule has 1 aromatic carbocycles. The lowest BCUT2D eigenvalue weighted by molar-refractivity contribution is 0.0687. The molecule has 80 valence electrons. The van der Waals surface area contributed by atoms with Crippen LogP contribution in [0.3, 0.4) is 0 Å². The Kier molecular flexibility index (Phi) is 2.39. The number of ether oxygens (including phenoxy) is 1. The summed E-state index contributed by atoms with van der Waals surface area (Å²) in [5.74, 6) is -0.351. The average molecular weight is 206 g/mol. The second-order valence-electron chi connectivity index (χ2n) is 4.07. The van der Waals surface area contributed by atoms with Crippen molar-refractivity contribution < 1.29 is 14.6 Å². The fourth-order valence-corrected chi connectivity index (χ4v) is 1.95. The molecule has 1 heterocycles. The standard InChI is InChI=1S/C12H14O3/c1-7-5-9-4-3-8(2)15-11(9)10(6-7)12(13)14/h5-6,8H,3-4H2,1-2H3,(H,13,14). The van der Waals surface area contributed by atoms with E-state index in [2.05, 4.69) is 0 Å². The van der Waals surface area contributed by atoms with Crippen LogP contribution >= 0.6 is 0 Å². The van der Waals surface area contributed by atoms with Gasteiger partial charge in [-0.2, -0.15) is 0 Å². The predicted molar refractivity (Wildman–Crippen MR) is 56.5 cm³/mol. The zero-order chi connectivity index (χ0) is 11.0. The Hall–Kier alpha value is -1.51. The lowest BCUT2D eigenvalue weighted by Crippen LogP contribution is -2.21. The highest BCUT2D eigenvalue weighted by Crippen LogP contribution is 2.32. The monoisotopic (exact) mass is 206 g/mol. The summed E-state index contributed by atoms with van der Waals surface area (Å²) in [6, 6.07) is 3.67. The summed E-state index contributed by atoms with van der Waals surface area (Å²) in [5, 5.41) is 9.07. The van der Waals surface area contributed by atoms with E-state index in [-0.39, 0.29) is 11.7 Å². The van der Waals surface area contributed by atoms with Gasteiger partial charge in [0.05, 0.1) is 6.10 Å². The molecule has 0 saturated heterocycles. The molecule has 3 heteroatoms. The first-order valence-electron chi connectivity index (χ1n) is 5.11. The molecule has 0 radical (unpaired) electrons. The van der Waals surface area contributed by atoms with E-state index in [1.54, 1.807) is 6.07 Å². The highest BCUT2D eigenvalue weighted by atomic mass is 16.5. The molecule has 0 aliphatic carbocycles. The molecule has 0 spiro atoms. The summed E-state index contributed by atoms with van der Waals surface area (Å²) in [6.07, 6.45) is 1.96. The summed E-state index contributed by atoms with van der Waals surface area (Å²) in [5.41, 5.74) is 2.28. The Bertz CT molecular complexity index is 410. The van der Waals surface area contributed by atoms with Crippen LogP contribution in [0.4, 0.5) is 0 Å². The number of hydrogen-bond acceptors (Lipinski definition) is 2. The smallest absolute Gasteiger partial charge is 0.339 e. The Balaban J connectivity index is 2.55. The maximum absolute atomic E-state index is 11.1. The van der Waals surface area contributed by atoms with Gasteiger partial charge in [0.1, 0.15) is 11.3 Å². The van der Waals surface area contributed by atoms with Gasteiger partial charge in [-0.3, -0.25) is 0 Å². The highest BCUT2D eigenvalue weighted by Gasteiger charge is 2.22. The number of rotatable bonds is 1. The predicted octanol–water partition coefficient (Wildman–Crippen LogP) is 2.41. The van der Waals surface area contributed by atoms with Crippen LogP contribution in [0.2, 0.25) is 0 Å². The first kappa shape index (κ1) is 10.0. The molecule has 1 unspecified atom stereocenters. The van der Waals surface area contributed by atoms with Crippen LogP contribution in [0.25, 0.3) is 0 Å². The van der Waals surface area contributed by atoms with Gasteiger partial charge in [0.25, 0.3) is 0 Å². The molecule has 0 amide bonds. The number of benzene rings is 1. The van der Waals surface area contributed by atoms with Crippen LogP contribution in [0.1, 0.15) is 34.8 Å². The summed E-state index contributed by atoms with van der Waals surface area (Å²) < 4.78 is 5.60. The van der Waals surface area contributed by atoms with Crippen molar-refractivity contribution in [1.82, 2.24) is 0 Å². The molecule has 1 N–H and O–H groups in total. The summed E-state index contributed by atoms with van der Waals surface area (Å²) in [7, 11) is 0. The Labute approximate surface area is 88.7 Å². The van der Waals surface area contributed by atoms with Gasteiger partial charge in [0.2, 0.25) is 0 Å². The lowest BCUT2D eigenvalue weighted by Gasteiger charge is -2.25. The van der Waals surface area contributed by atoms with Crippen molar-refractivity contribution in [1.29, 1.82) is 0 Å². The zero-order valence-electron chi connectivity index (χ0n) is 8.91. The maximum Gasteiger partial charge on any atom is 0.339 e. The van der Waals surface area contributed by atoms with Crippen LogP contribution in [0.5, 0.6) is 5.75 Å². The number of aryl methyl sites for hydroxylation is 2. The van der Waals surface area contributed by atoms with Crippen LogP contribution in [0, 0.1) is 6.92 Å². The lowest BCUT2D eigenvalue weighted by atomic mass is 9.97. The van der Waals surface area contributed by atoms with Crippen LogP contribution in [0.15, 0.2) is 12.1 Å². The summed E-state index contributed by atoms with van der Waals surface area (Å²) >= 11 is 0. The molecule has 1 atom stereocenters. The molecule has 15 heavy (non-hydrogen) atoms. The molecule has 0 fully saturated rings. The third kappa shape index (κ3) is 1.82. The van der Waals surface area contributed by atoms with Crippen molar-refractivity contribution in [2.24, 2.45) is 0 Å². The zero-order valence-corrected chi connectivity index (χ0v) is 8.91. The number of carbonyl (C=O) groups is 1. The van der Waals surface area contributed by atoms with Crippen molar-refractivity contribution in [2.45, 2.75) is 32.8 Å². The Morgan fingerprint density at radius 2 is 2.27 bits per heavy atom. The van der Waals surface area contributed by atoms with Crippen molar-refractivity contribution in [3.8, 4) is 5.75 Å². The molecule has 3 nitrogen and oxygen atoms in total. The highest BCUT2D eigenvalue weighted by molar-refractivity contribution is 5.91. The third-order valence-electron chi connectivity index (χ3n) is 2.68. The number of hydrogen-bond donors (Lipinski definition) is 1. The summed E-state index contributed by atoms with van der Waals surface area (Å²) in [6.45, 7) is 3.87. The van der Waals surface area contributed by atoms with E-state index in [1.807, 2.05) is 19.9 Å². The normalized spacial score (nSPS) is 19.2. The van der Waals surface area contributed by atoms with Gasteiger partial charge in [0.15, 0.2) is 0 Å². The van der Waals surface area contributed by atoms with E-state index in [9.17, 15) is 4.79 Å². The van der Waals surface area contributed by atoms with Gasteiger partial charge >= 0.3 is 5.97 Å². The quantitative estimate of drug-likeness (QED) is 0.767. The van der Waals surface area contributed by atoms with E-state index < -0.39 is 5.97 Å². The van der Waals surface area contributed by atoms with Crippen LogP contribution in [-0.2, 0) is 6.42 Å². The SMILES string of the molecule is Cc1cc2c(c(C(=O)O)c1)OC(C)CC2.